The Hall–Kier alpha value is 0.194. The van der Waals surface area contributed by atoms with E-state index in [4.69, 9.17) is 0 Å². The summed E-state index contributed by atoms with van der Waals surface area (Å²) in [5.74, 6) is 0. The third-order valence-corrected chi connectivity index (χ3v) is 1.83. The van der Waals surface area contributed by atoms with Crippen LogP contribution in [-0.4, -0.2) is 22.0 Å². The van der Waals surface area contributed by atoms with Crippen molar-refractivity contribution in [2.45, 2.75) is 19.7 Å². The average molecular weight is 186 g/mol. The van der Waals surface area contributed by atoms with Gasteiger partial charge in [-0.15, -0.1) is 0 Å². The molecule has 0 amide bonds. The minimum absolute atomic E-state index is 1.06. The second-order valence-corrected chi connectivity index (χ2v) is 3.29. The number of rotatable bonds is 2. The maximum atomic E-state index is 3.74. The van der Waals surface area contributed by atoms with E-state index in [-0.39, 0.29) is 0 Å². The zero-order valence-corrected chi connectivity index (χ0v) is 8.52. The summed E-state index contributed by atoms with van der Waals surface area (Å²) in [5.41, 5.74) is 0. The van der Waals surface area contributed by atoms with E-state index in [1.807, 2.05) is 12.2 Å². The zero-order chi connectivity index (χ0) is 8.53. The van der Waals surface area contributed by atoms with Crippen LogP contribution in [0.25, 0.3) is 0 Å². The first-order valence-corrected chi connectivity index (χ1v) is 4.86. The molecule has 11 heavy (non-hydrogen) atoms. The first kappa shape index (κ1) is 11.2. The van der Waals surface area contributed by atoms with Gasteiger partial charge in [0.25, 0.3) is 0 Å². The molecular formula is C7H14B3Fe. The maximum absolute atomic E-state index is 3.74. The van der Waals surface area contributed by atoms with Gasteiger partial charge in [-0.3, -0.25) is 0 Å². The molecule has 4 heteroatoms. The van der Waals surface area contributed by atoms with Crippen molar-refractivity contribution in [2.75, 3.05) is 0 Å². The van der Waals surface area contributed by atoms with Crippen molar-refractivity contribution in [3.63, 3.8) is 0 Å². The van der Waals surface area contributed by atoms with E-state index in [9.17, 15) is 0 Å². The van der Waals surface area contributed by atoms with Crippen molar-refractivity contribution in [1.82, 2.24) is 0 Å². The summed E-state index contributed by atoms with van der Waals surface area (Å²) >= 11 is 3.74. The standard InChI is InChI=1S/C5H5.C2H9B3.Fe/c1-2-4-5-3-1;1-2-4-5-3;/h1-3H,4H2;4-5H,2-3H2,1H3;. The summed E-state index contributed by atoms with van der Waals surface area (Å²) in [6.45, 7) is 2.21. The molecule has 1 aliphatic carbocycles. The van der Waals surface area contributed by atoms with Crippen molar-refractivity contribution in [3.8, 4) is 0 Å². The molecule has 0 aromatic heterocycles. The minimum atomic E-state index is 1.06. The van der Waals surface area contributed by atoms with Gasteiger partial charge in [-0.25, -0.2) is 0 Å². The van der Waals surface area contributed by atoms with Crippen LogP contribution in [-0.2, 0) is 16.0 Å². The fraction of sp³-hybridized carbons (Fsp3) is 0.429. The molecule has 0 nitrogen and oxygen atoms in total. The van der Waals surface area contributed by atoms with Gasteiger partial charge in [0.1, 0.15) is 0 Å². The van der Waals surface area contributed by atoms with Gasteiger partial charge >= 0.3 is 45.1 Å². The summed E-state index contributed by atoms with van der Waals surface area (Å²) in [7, 11) is 4.94. The first-order valence-electron chi connectivity index (χ1n) is 4.31. The van der Waals surface area contributed by atoms with Crippen LogP contribution >= 0.6 is 0 Å². The molecule has 0 bridgehead atoms. The number of allylic oxidation sites excluding steroid dienone is 4. The van der Waals surface area contributed by atoms with Gasteiger partial charge in [-0.05, 0) is 0 Å². The van der Waals surface area contributed by atoms with E-state index >= 15 is 0 Å². The Morgan fingerprint density at radius 1 is 1.73 bits per heavy atom. The molecule has 1 rings (SSSR count). The van der Waals surface area contributed by atoms with Crippen LogP contribution in [0.5, 0.6) is 0 Å². The van der Waals surface area contributed by atoms with Crippen LogP contribution in [0.15, 0.2) is 22.7 Å². The van der Waals surface area contributed by atoms with Crippen molar-refractivity contribution in [3.05, 3.63) is 22.7 Å². The Morgan fingerprint density at radius 3 is 2.55 bits per heavy atom. The van der Waals surface area contributed by atoms with Gasteiger partial charge in [0.05, 0.1) is 22.0 Å². The van der Waals surface area contributed by atoms with Crippen LogP contribution in [0.2, 0.25) is 6.32 Å². The number of hydrogen-bond donors (Lipinski definition) is 0. The van der Waals surface area contributed by atoms with Crippen LogP contribution in [0.3, 0.4) is 0 Å². The topological polar surface area (TPSA) is 0 Å². The summed E-state index contributed by atoms with van der Waals surface area (Å²) in [6, 6.07) is 0. The predicted molar refractivity (Wildman–Crippen MR) is 55.2 cm³/mol. The summed E-state index contributed by atoms with van der Waals surface area (Å²) < 4.78 is 1.22. The summed E-state index contributed by atoms with van der Waals surface area (Å²) in [4.78, 5) is 0. The van der Waals surface area contributed by atoms with Crippen molar-refractivity contribution < 1.29 is 16.0 Å². The Kier molecular flexibility index (Phi) is 8.44. The molecule has 0 aliphatic heterocycles. The van der Waals surface area contributed by atoms with E-state index in [2.05, 4.69) is 36.7 Å². The SMILES string of the molecule is BBBCC.[Fe][C]1=CC=CC1. The van der Waals surface area contributed by atoms with Gasteiger partial charge in [0.15, 0.2) is 0 Å². The van der Waals surface area contributed by atoms with Crippen LogP contribution in [0.1, 0.15) is 13.3 Å². The molecule has 0 fully saturated rings. The monoisotopic (exact) mass is 187 g/mol. The molecule has 0 aromatic carbocycles. The van der Waals surface area contributed by atoms with Crippen LogP contribution in [0, 0.1) is 0 Å². The fourth-order valence-corrected chi connectivity index (χ4v) is 1.01. The molecule has 0 atom stereocenters. The molecule has 0 spiro atoms. The second kappa shape index (κ2) is 8.29. The van der Waals surface area contributed by atoms with Gasteiger partial charge in [0.2, 0.25) is 0 Å². The summed E-state index contributed by atoms with van der Waals surface area (Å²) in [5, 5.41) is 0. The molecule has 0 saturated heterocycles. The molecule has 0 N–H and O–H groups in total. The van der Waals surface area contributed by atoms with E-state index < -0.39 is 0 Å². The third kappa shape index (κ3) is 8.10. The van der Waals surface area contributed by atoms with Gasteiger partial charge < -0.3 is 0 Å². The van der Waals surface area contributed by atoms with E-state index in [1.54, 1.807) is 0 Å². The fourth-order valence-electron chi connectivity index (χ4n) is 0.769. The van der Waals surface area contributed by atoms with Crippen molar-refractivity contribution in [1.29, 1.82) is 0 Å². The number of hydrogen-bond acceptors (Lipinski definition) is 0. The predicted octanol–water partition coefficient (Wildman–Crippen LogP) is 0.138. The molecule has 0 saturated carbocycles. The second-order valence-electron chi connectivity index (χ2n) is 2.58. The third-order valence-electron chi connectivity index (χ3n) is 1.42. The Balaban J connectivity index is 0.000000187. The molecule has 0 unspecified atom stereocenters. The zero-order valence-electron chi connectivity index (χ0n) is 7.41. The summed E-state index contributed by atoms with van der Waals surface area (Å²) in [6.07, 6.45) is 8.56. The van der Waals surface area contributed by atoms with Gasteiger partial charge in [-0.2, -0.15) is 0 Å². The molecule has 0 aromatic rings. The van der Waals surface area contributed by atoms with Crippen LogP contribution in [0.4, 0.5) is 0 Å². The normalized spacial score (nSPS) is 13.1. The van der Waals surface area contributed by atoms with Crippen molar-refractivity contribution >= 4 is 22.0 Å². The molecule has 0 heterocycles. The molecule has 59 valence electrons. The quantitative estimate of drug-likeness (QED) is 0.538. The first-order chi connectivity index (χ1) is 5.31. The Bertz CT molecular complexity index is 141. The molecule has 0 radical (unpaired) electrons. The Labute approximate surface area is 80.6 Å². The van der Waals surface area contributed by atoms with E-state index in [0.29, 0.717) is 0 Å². The van der Waals surface area contributed by atoms with Gasteiger partial charge in [-0.1, -0.05) is 13.2 Å². The Morgan fingerprint density at radius 2 is 2.45 bits per heavy atom. The van der Waals surface area contributed by atoms with E-state index in [0.717, 1.165) is 6.42 Å². The van der Waals surface area contributed by atoms with Crippen LogP contribution < -0.4 is 0 Å². The van der Waals surface area contributed by atoms with Crippen molar-refractivity contribution in [2.24, 2.45) is 0 Å². The average Bonchev–Trinajstić information content (AvgIpc) is 2.43. The van der Waals surface area contributed by atoms with E-state index in [1.165, 1.54) is 25.0 Å². The molecule has 1 aliphatic rings. The van der Waals surface area contributed by atoms with Gasteiger partial charge in [0, 0.05) is 0 Å². The molecular weight excluding hydrogens is 172 g/mol.